The Balaban J connectivity index is 1.80. The van der Waals surface area contributed by atoms with E-state index in [2.05, 4.69) is 5.32 Å². The van der Waals surface area contributed by atoms with Crippen molar-refractivity contribution in [3.05, 3.63) is 99.0 Å². The smallest absolute Gasteiger partial charge is 0.335 e. The van der Waals surface area contributed by atoms with Crippen molar-refractivity contribution in [1.82, 2.24) is 0 Å². The van der Waals surface area contributed by atoms with E-state index in [4.69, 9.17) is 33.0 Å². The summed E-state index contributed by atoms with van der Waals surface area (Å²) in [5.74, 6) is -1.22. The lowest BCUT2D eigenvalue weighted by Crippen LogP contribution is -2.13. The lowest BCUT2D eigenvalue weighted by atomic mass is 10.1. The molecule has 6 nitrogen and oxygen atoms in total. The lowest BCUT2D eigenvalue weighted by Gasteiger charge is -2.11. The van der Waals surface area contributed by atoms with Gasteiger partial charge in [-0.25, -0.2) is 4.79 Å². The number of carbonyl (C=O) groups excluding carboxylic acids is 1. The second-order valence-electron chi connectivity index (χ2n) is 6.61. The number of nitriles is 1. The van der Waals surface area contributed by atoms with Crippen LogP contribution in [0.2, 0.25) is 10.0 Å². The second kappa shape index (κ2) is 10.5. The molecule has 3 aromatic carbocycles. The van der Waals surface area contributed by atoms with Gasteiger partial charge in [-0.1, -0.05) is 41.4 Å². The Bertz CT molecular complexity index is 1230. The molecule has 0 aliphatic rings. The average molecular weight is 467 g/mol. The van der Waals surface area contributed by atoms with Gasteiger partial charge >= 0.3 is 5.97 Å². The number of ether oxygens (including phenoxy) is 1. The molecule has 8 heteroatoms. The predicted molar refractivity (Wildman–Crippen MR) is 123 cm³/mol. The summed E-state index contributed by atoms with van der Waals surface area (Å²) in [6.45, 7) is 0.152. The molecular formula is C24H16Cl2N2O4. The van der Waals surface area contributed by atoms with Gasteiger partial charge < -0.3 is 15.2 Å². The van der Waals surface area contributed by atoms with Crippen molar-refractivity contribution in [3.8, 4) is 11.8 Å². The van der Waals surface area contributed by atoms with E-state index in [0.29, 0.717) is 27.0 Å². The minimum Gasteiger partial charge on any atom is -0.488 e. The van der Waals surface area contributed by atoms with Crippen molar-refractivity contribution in [3.63, 3.8) is 0 Å². The van der Waals surface area contributed by atoms with Crippen molar-refractivity contribution in [2.75, 3.05) is 5.32 Å². The maximum Gasteiger partial charge on any atom is 0.335 e. The number of nitrogens with zero attached hydrogens (tertiary/aromatic N) is 1. The van der Waals surface area contributed by atoms with Gasteiger partial charge in [-0.2, -0.15) is 5.26 Å². The average Bonchev–Trinajstić information content (AvgIpc) is 2.77. The highest BCUT2D eigenvalue weighted by atomic mass is 35.5. The van der Waals surface area contributed by atoms with E-state index in [1.54, 1.807) is 54.6 Å². The van der Waals surface area contributed by atoms with Gasteiger partial charge in [0, 0.05) is 21.3 Å². The van der Waals surface area contributed by atoms with Crippen LogP contribution in [0, 0.1) is 11.3 Å². The van der Waals surface area contributed by atoms with Crippen LogP contribution in [-0.4, -0.2) is 17.0 Å². The molecule has 0 heterocycles. The Morgan fingerprint density at radius 1 is 1.03 bits per heavy atom. The normalized spacial score (nSPS) is 10.8. The highest BCUT2D eigenvalue weighted by Gasteiger charge is 2.13. The highest BCUT2D eigenvalue weighted by molar-refractivity contribution is 6.31. The molecule has 0 atom stereocenters. The summed E-state index contributed by atoms with van der Waals surface area (Å²) in [6.07, 6.45) is 1.38. The fourth-order valence-electron chi connectivity index (χ4n) is 2.74. The van der Waals surface area contributed by atoms with Crippen molar-refractivity contribution in [2.24, 2.45) is 0 Å². The molecule has 2 N–H and O–H groups in total. The number of carbonyl (C=O) groups is 2. The van der Waals surface area contributed by atoms with Crippen molar-refractivity contribution in [1.29, 1.82) is 5.26 Å². The van der Waals surface area contributed by atoms with Crippen LogP contribution in [-0.2, 0) is 11.4 Å². The number of hydrogen-bond acceptors (Lipinski definition) is 4. The molecule has 0 aromatic heterocycles. The minimum atomic E-state index is -1.01. The Morgan fingerprint density at radius 3 is 2.41 bits per heavy atom. The van der Waals surface area contributed by atoms with Crippen LogP contribution in [0.1, 0.15) is 21.5 Å². The molecule has 0 spiro atoms. The zero-order valence-electron chi connectivity index (χ0n) is 16.5. The predicted octanol–water partition coefficient (Wildman–Crippen LogP) is 5.82. The summed E-state index contributed by atoms with van der Waals surface area (Å²) in [4.78, 5) is 23.5. The van der Waals surface area contributed by atoms with Crippen molar-refractivity contribution in [2.45, 2.75) is 6.61 Å². The third kappa shape index (κ3) is 6.11. The molecule has 3 rings (SSSR count). The SMILES string of the molecule is N#C/C(=C\c1cc(Cl)ccc1OCc1ccc(C(=O)O)cc1)C(=O)Nc1cccc(Cl)c1. The molecule has 0 fully saturated rings. The van der Waals surface area contributed by atoms with Gasteiger partial charge in [0.05, 0.1) is 5.56 Å². The first-order chi connectivity index (χ1) is 15.4. The van der Waals surface area contributed by atoms with Crippen LogP contribution >= 0.6 is 23.2 Å². The van der Waals surface area contributed by atoms with Gasteiger partial charge in [-0.3, -0.25) is 4.79 Å². The topological polar surface area (TPSA) is 99.4 Å². The molecule has 0 bridgehead atoms. The zero-order chi connectivity index (χ0) is 23.1. The van der Waals surface area contributed by atoms with E-state index in [0.717, 1.165) is 5.56 Å². The number of anilines is 1. The van der Waals surface area contributed by atoms with E-state index in [9.17, 15) is 14.9 Å². The molecule has 32 heavy (non-hydrogen) atoms. The quantitative estimate of drug-likeness (QED) is 0.337. The van der Waals surface area contributed by atoms with Gasteiger partial charge in [0.2, 0.25) is 0 Å². The van der Waals surface area contributed by atoms with Gasteiger partial charge in [0.25, 0.3) is 5.91 Å². The number of nitrogens with one attached hydrogen (secondary N) is 1. The number of carboxylic acid groups (broad SMARTS) is 1. The fourth-order valence-corrected chi connectivity index (χ4v) is 3.11. The number of hydrogen-bond donors (Lipinski definition) is 2. The summed E-state index contributed by atoms with van der Waals surface area (Å²) >= 11 is 12.0. The lowest BCUT2D eigenvalue weighted by molar-refractivity contribution is -0.112. The van der Waals surface area contributed by atoms with E-state index in [-0.39, 0.29) is 17.7 Å². The van der Waals surface area contributed by atoms with E-state index in [1.165, 1.54) is 18.2 Å². The molecule has 0 radical (unpaired) electrons. The number of halogens is 2. The molecule has 0 saturated carbocycles. The van der Waals surface area contributed by atoms with E-state index >= 15 is 0 Å². The van der Waals surface area contributed by atoms with Gasteiger partial charge in [0.15, 0.2) is 0 Å². The Kier molecular flexibility index (Phi) is 7.50. The van der Waals surface area contributed by atoms with Crippen LogP contribution in [0.4, 0.5) is 5.69 Å². The highest BCUT2D eigenvalue weighted by Crippen LogP contribution is 2.27. The van der Waals surface area contributed by atoms with Gasteiger partial charge in [-0.15, -0.1) is 0 Å². The van der Waals surface area contributed by atoms with E-state index in [1.807, 2.05) is 6.07 Å². The first-order valence-corrected chi connectivity index (χ1v) is 10.0. The largest absolute Gasteiger partial charge is 0.488 e. The molecule has 160 valence electrons. The monoisotopic (exact) mass is 466 g/mol. The summed E-state index contributed by atoms with van der Waals surface area (Å²) < 4.78 is 5.83. The molecule has 0 saturated heterocycles. The molecule has 0 aliphatic carbocycles. The van der Waals surface area contributed by atoms with Crippen molar-refractivity contribution < 1.29 is 19.4 Å². The Morgan fingerprint density at radius 2 is 1.75 bits per heavy atom. The fraction of sp³-hybridized carbons (Fsp3) is 0.0417. The summed E-state index contributed by atoms with van der Waals surface area (Å²) in [5.41, 5.74) is 1.67. The summed E-state index contributed by atoms with van der Waals surface area (Å²) in [6, 6.07) is 19.5. The first-order valence-electron chi connectivity index (χ1n) is 9.29. The molecular weight excluding hydrogens is 451 g/mol. The Labute approximate surface area is 194 Å². The van der Waals surface area contributed by atoms with Crippen LogP contribution in [0.5, 0.6) is 5.75 Å². The number of amides is 1. The third-order valence-corrected chi connectivity index (χ3v) is 4.78. The van der Waals surface area contributed by atoms with Crippen LogP contribution in [0.25, 0.3) is 6.08 Å². The molecule has 0 aliphatic heterocycles. The van der Waals surface area contributed by atoms with Crippen LogP contribution in [0.3, 0.4) is 0 Å². The molecule has 1 amide bonds. The summed E-state index contributed by atoms with van der Waals surface area (Å²) in [7, 11) is 0. The maximum atomic E-state index is 12.6. The number of rotatable bonds is 7. The standard InChI is InChI=1S/C24H16Cl2N2O4/c25-19-2-1-3-21(12-19)28-23(29)18(13-27)10-17-11-20(26)8-9-22(17)32-14-15-4-6-16(7-5-15)24(30)31/h1-12H,14H2,(H,28,29)(H,30,31)/b18-10+. The maximum absolute atomic E-state index is 12.6. The zero-order valence-corrected chi connectivity index (χ0v) is 18.0. The number of benzene rings is 3. The first kappa shape index (κ1) is 22.9. The van der Waals surface area contributed by atoms with Crippen LogP contribution < -0.4 is 10.1 Å². The second-order valence-corrected chi connectivity index (χ2v) is 7.48. The van der Waals surface area contributed by atoms with Crippen LogP contribution in [0.15, 0.2) is 72.3 Å². The van der Waals surface area contributed by atoms with Gasteiger partial charge in [0.1, 0.15) is 24.0 Å². The minimum absolute atomic E-state index is 0.150. The number of aromatic carboxylic acids is 1. The van der Waals surface area contributed by atoms with Gasteiger partial charge in [-0.05, 0) is 60.2 Å². The molecule has 3 aromatic rings. The Hall–Kier alpha value is -3.79. The van der Waals surface area contributed by atoms with E-state index < -0.39 is 11.9 Å². The summed E-state index contributed by atoms with van der Waals surface area (Å²) in [5, 5.41) is 22.0. The third-order valence-electron chi connectivity index (χ3n) is 4.31. The number of carboxylic acids is 1. The molecule has 0 unspecified atom stereocenters. The van der Waals surface area contributed by atoms with Crippen molar-refractivity contribution >= 4 is 46.8 Å².